The van der Waals surface area contributed by atoms with Crippen LogP contribution in [0, 0.1) is 6.92 Å². The summed E-state index contributed by atoms with van der Waals surface area (Å²) in [5.74, 6) is 1.50. The quantitative estimate of drug-likeness (QED) is 0.479. The van der Waals surface area contributed by atoms with E-state index >= 15 is 0 Å². The molecule has 0 aliphatic carbocycles. The van der Waals surface area contributed by atoms with E-state index in [9.17, 15) is 4.79 Å². The van der Waals surface area contributed by atoms with E-state index in [0.717, 1.165) is 21.3 Å². The summed E-state index contributed by atoms with van der Waals surface area (Å²) in [6.45, 7) is 7.75. The van der Waals surface area contributed by atoms with Gasteiger partial charge in [-0.05, 0) is 79.0 Å². The molecular formula is C24H26BrN5O3. The van der Waals surface area contributed by atoms with Crippen molar-refractivity contribution in [2.45, 2.75) is 39.8 Å². The maximum atomic E-state index is 13.5. The molecule has 8 nitrogen and oxygen atoms in total. The zero-order valence-electron chi connectivity index (χ0n) is 19.1. The molecule has 3 aromatic rings. The summed E-state index contributed by atoms with van der Waals surface area (Å²) in [7, 11) is 1.59. The maximum Gasteiger partial charge on any atom is 0.255 e. The van der Waals surface area contributed by atoms with Crippen molar-refractivity contribution in [2.24, 2.45) is 0 Å². The number of benzene rings is 2. The predicted octanol–water partition coefficient (Wildman–Crippen LogP) is 5.07. The van der Waals surface area contributed by atoms with Crippen LogP contribution in [0.3, 0.4) is 0 Å². The minimum Gasteiger partial charge on any atom is -0.493 e. The van der Waals surface area contributed by atoms with Crippen molar-refractivity contribution < 1.29 is 14.3 Å². The molecule has 0 bridgehead atoms. The van der Waals surface area contributed by atoms with Gasteiger partial charge in [0, 0.05) is 11.4 Å². The largest absolute Gasteiger partial charge is 0.493 e. The van der Waals surface area contributed by atoms with Crippen molar-refractivity contribution >= 4 is 33.5 Å². The number of halogens is 1. The Morgan fingerprint density at radius 3 is 2.73 bits per heavy atom. The van der Waals surface area contributed by atoms with Crippen molar-refractivity contribution in [3.8, 4) is 11.5 Å². The van der Waals surface area contributed by atoms with E-state index < -0.39 is 6.04 Å². The molecule has 1 amide bonds. The second-order valence-corrected chi connectivity index (χ2v) is 8.97. The van der Waals surface area contributed by atoms with Gasteiger partial charge in [0.15, 0.2) is 11.5 Å². The fraction of sp³-hybridized carbons (Fsp3) is 0.292. The molecule has 0 saturated carbocycles. The number of carbonyl (C=O) groups excluding carboxylic acids is 1. The number of ether oxygens (including phenoxy) is 2. The molecule has 2 N–H and O–H groups in total. The minimum absolute atomic E-state index is 0.0281. The summed E-state index contributed by atoms with van der Waals surface area (Å²) in [4.78, 5) is 17.8. The van der Waals surface area contributed by atoms with Crippen LogP contribution in [0.25, 0.3) is 0 Å². The van der Waals surface area contributed by atoms with Crippen LogP contribution in [0.4, 0.5) is 11.6 Å². The number of aryl methyl sites for hydroxylation is 1. The number of aromatic nitrogens is 3. The summed E-state index contributed by atoms with van der Waals surface area (Å²) in [5.41, 5.74) is 3.81. The van der Waals surface area contributed by atoms with Crippen LogP contribution >= 0.6 is 15.9 Å². The van der Waals surface area contributed by atoms with Crippen molar-refractivity contribution in [3.05, 3.63) is 69.6 Å². The minimum atomic E-state index is -0.521. The maximum absolute atomic E-state index is 13.5. The van der Waals surface area contributed by atoms with Crippen molar-refractivity contribution in [3.63, 3.8) is 0 Å². The molecule has 1 atom stereocenters. The van der Waals surface area contributed by atoms with Gasteiger partial charge in [0.2, 0.25) is 5.95 Å². The van der Waals surface area contributed by atoms with E-state index in [1.54, 1.807) is 11.8 Å². The second kappa shape index (κ2) is 9.27. The highest BCUT2D eigenvalue weighted by Crippen LogP contribution is 2.43. The van der Waals surface area contributed by atoms with Crippen LogP contribution in [0.1, 0.15) is 37.9 Å². The Kier molecular flexibility index (Phi) is 6.42. The van der Waals surface area contributed by atoms with E-state index in [-0.39, 0.29) is 12.0 Å². The Hall–Kier alpha value is -3.33. The van der Waals surface area contributed by atoms with Gasteiger partial charge in [-0.25, -0.2) is 4.68 Å². The second-order valence-electron chi connectivity index (χ2n) is 8.12. The van der Waals surface area contributed by atoms with Crippen LogP contribution in [0.15, 0.2) is 58.5 Å². The number of rotatable bonds is 6. The molecular weight excluding hydrogens is 486 g/mol. The molecule has 1 aliphatic rings. The zero-order chi connectivity index (χ0) is 23.7. The van der Waals surface area contributed by atoms with Crippen molar-refractivity contribution in [2.75, 3.05) is 17.7 Å². The monoisotopic (exact) mass is 511 g/mol. The van der Waals surface area contributed by atoms with Crippen molar-refractivity contribution in [1.29, 1.82) is 0 Å². The highest BCUT2D eigenvalue weighted by molar-refractivity contribution is 9.10. The first kappa shape index (κ1) is 22.8. The van der Waals surface area contributed by atoms with Crippen LogP contribution in [-0.2, 0) is 4.79 Å². The summed E-state index contributed by atoms with van der Waals surface area (Å²) in [6, 6.07) is 11.0. The molecule has 2 heterocycles. The van der Waals surface area contributed by atoms with Gasteiger partial charge >= 0.3 is 0 Å². The number of fused-ring (bicyclic) bond motifs is 1. The molecule has 172 valence electrons. The highest BCUT2D eigenvalue weighted by atomic mass is 79.9. The third-order valence-corrected chi connectivity index (χ3v) is 5.83. The number of anilines is 2. The number of carbonyl (C=O) groups is 1. The first-order chi connectivity index (χ1) is 15.8. The van der Waals surface area contributed by atoms with Gasteiger partial charge in [-0.1, -0.05) is 12.1 Å². The first-order valence-corrected chi connectivity index (χ1v) is 11.4. The summed E-state index contributed by atoms with van der Waals surface area (Å²) >= 11 is 3.62. The molecule has 9 heteroatoms. The Labute approximate surface area is 201 Å². The summed E-state index contributed by atoms with van der Waals surface area (Å²) < 4.78 is 14.0. The molecule has 0 spiro atoms. The molecule has 0 fully saturated rings. The van der Waals surface area contributed by atoms with Gasteiger partial charge in [-0.3, -0.25) is 4.79 Å². The standard InChI is InChI=1S/C24H26BrN5O3/c1-13(2)33-22-18(25)10-16(11-19(22)32-5)21-20(15(4)28-24-26-12-27-30(21)24)23(31)29-17-8-6-7-14(3)9-17/h6-13,21H,1-5H3,(H,29,31)(H,26,27,28). The van der Waals surface area contributed by atoms with Crippen LogP contribution in [-0.4, -0.2) is 33.9 Å². The van der Waals surface area contributed by atoms with E-state index in [1.165, 1.54) is 6.33 Å². The van der Waals surface area contributed by atoms with Crippen LogP contribution in [0.2, 0.25) is 0 Å². The van der Waals surface area contributed by atoms with Gasteiger partial charge in [-0.2, -0.15) is 10.1 Å². The Bertz CT molecular complexity index is 1230. The number of amides is 1. The lowest BCUT2D eigenvalue weighted by Crippen LogP contribution is -2.31. The van der Waals surface area contributed by atoms with Gasteiger partial charge in [-0.15, -0.1) is 0 Å². The lowest BCUT2D eigenvalue weighted by molar-refractivity contribution is -0.113. The lowest BCUT2D eigenvalue weighted by Gasteiger charge is -2.29. The number of nitrogens with one attached hydrogen (secondary N) is 2. The van der Waals surface area contributed by atoms with Gasteiger partial charge in [0.1, 0.15) is 12.4 Å². The first-order valence-electron chi connectivity index (χ1n) is 10.6. The number of allylic oxidation sites excluding steroid dienone is 1. The third kappa shape index (κ3) is 4.59. The fourth-order valence-corrected chi connectivity index (χ4v) is 4.42. The summed E-state index contributed by atoms with van der Waals surface area (Å²) in [6.07, 6.45) is 1.44. The molecule has 1 unspecified atom stereocenters. The molecule has 4 rings (SSSR count). The predicted molar refractivity (Wildman–Crippen MR) is 131 cm³/mol. The SMILES string of the molecule is COc1cc(C2C(C(=O)Nc3cccc(C)c3)=C(C)Nc3ncnn32)cc(Br)c1OC(C)C. The average Bonchev–Trinajstić information content (AvgIpc) is 3.21. The number of hydrogen-bond donors (Lipinski definition) is 2. The summed E-state index contributed by atoms with van der Waals surface area (Å²) in [5, 5.41) is 10.6. The van der Waals surface area contributed by atoms with E-state index in [2.05, 4.69) is 36.6 Å². The molecule has 1 aromatic heterocycles. The van der Waals surface area contributed by atoms with E-state index in [4.69, 9.17) is 9.47 Å². The lowest BCUT2D eigenvalue weighted by atomic mass is 9.94. The Morgan fingerprint density at radius 2 is 2.03 bits per heavy atom. The normalized spacial score (nSPS) is 15.2. The number of nitrogens with zero attached hydrogens (tertiary/aromatic N) is 3. The third-order valence-electron chi connectivity index (χ3n) is 5.24. The molecule has 0 radical (unpaired) electrons. The fourth-order valence-electron chi connectivity index (χ4n) is 3.86. The van der Waals surface area contributed by atoms with Crippen LogP contribution < -0.4 is 20.1 Å². The van der Waals surface area contributed by atoms with Crippen LogP contribution in [0.5, 0.6) is 11.5 Å². The van der Waals surface area contributed by atoms with Gasteiger partial charge in [0.05, 0.1) is 23.3 Å². The number of methoxy groups -OCH3 is 1. The smallest absolute Gasteiger partial charge is 0.255 e. The zero-order valence-corrected chi connectivity index (χ0v) is 20.7. The number of hydrogen-bond acceptors (Lipinski definition) is 6. The molecule has 33 heavy (non-hydrogen) atoms. The van der Waals surface area contributed by atoms with Crippen molar-refractivity contribution in [1.82, 2.24) is 14.8 Å². The van der Waals surface area contributed by atoms with E-state index in [0.29, 0.717) is 28.7 Å². The topological polar surface area (TPSA) is 90.3 Å². The molecule has 0 saturated heterocycles. The average molecular weight is 512 g/mol. The Balaban J connectivity index is 1.80. The molecule has 2 aromatic carbocycles. The van der Waals surface area contributed by atoms with Gasteiger partial charge < -0.3 is 20.1 Å². The Morgan fingerprint density at radius 1 is 1.24 bits per heavy atom. The van der Waals surface area contributed by atoms with E-state index in [1.807, 2.05) is 64.1 Å². The van der Waals surface area contributed by atoms with Gasteiger partial charge in [0.25, 0.3) is 5.91 Å². The molecule has 1 aliphatic heterocycles. The highest BCUT2D eigenvalue weighted by Gasteiger charge is 2.34.